The van der Waals surface area contributed by atoms with Crippen LogP contribution in [0.1, 0.15) is 11.3 Å². The van der Waals surface area contributed by atoms with E-state index in [1.165, 1.54) is 16.3 Å². The van der Waals surface area contributed by atoms with Crippen LogP contribution in [0.25, 0.3) is 10.8 Å². The number of aromatic nitrogens is 3. The highest BCUT2D eigenvalue weighted by atomic mass is 15.3. The first kappa shape index (κ1) is 15.0. The Balaban J connectivity index is 1.72. The van der Waals surface area contributed by atoms with Gasteiger partial charge in [-0.2, -0.15) is 5.10 Å². The van der Waals surface area contributed by atoms with Gasteiger partial charge in [-0.25, -0.2) is 0 Å². The number of hydrogen-bond donors (Lipinski definition) is 0. The van der Waals surface area contributed by atoms with Gasteiger partial charge in [0.15, 0.2) is 5.82 Å². The van der Waals surface area contributed by atoms with Gasteiger partial charge in [-0.15, -0.1) is 5.10 Å². The summed E-state index contributed by atoms with van der Waals surface area (Å²) < 4.78 is 0. The van der Waals surface area contributed by atoms with Gasteiger partial charge in [0, 0.05) is 55.8 Å². The molecule has 3 aromatic rings. The monoisotopic (exact) mass is 319 g/mol. The van der Waals surface area contributed by atoms with Crippen molar-refractivity contribution in [3.8, 4) is 0 Å². The summed E-state index contributed by atoms with van der Waals surface area (Å²) in [6.45, 7) is 4.13. The van der Waals surface area contributed by atoms with Crippen molar-refractivity contribution in [2.75, 3.05) is 38.1 Å². The Hall–Kier alpha value is -2.53. The first-order chi connectivity index (χ1) is 11.8. The predicted octanol–water partition coefficient (Wildman–Crippen LogP) is 2.37. The van der Waals surface area contributed by atoms with Gasteiger partial charge in [0.2, 0.25) is 0 Å². The quantitative estimate of drug-likeness (QED) is 0.741. The first-order valence-corrected chi connectivity index (χ1v) is 8.38. The molecule has 0 bridgehead atoms. The van der Waals surface area contributed by atoms with Crippen LogP contribution in [-0.2, 0) is 6.42 Å². The van der Waals surface area contributed by atoms with Crippen molar-refractivity contribution in [3.63, 3.8) is 0 Å². The van der Waals surface area contributed by atoms with E-state index in [0.717, 1.165) is 44.1 Å². The number of likely N-dealkylation sites (N-methyl/N-ethyl adjacent to an activating group) is 1. The highest BCUT2D eigenvalue weighted by Gasteiger charge is 2.19. The number of piperazine rings is 1. The third-order valence-electron chi connectivity index (χ3n) is 4.67. The zero-order valence-corrected chi connectivity index (χ0v) is 13.9. The standard InChI is InChI=1S/C19H21N5/c1-23-10-12-24(13-11-23)19-17-5-3-2-4-16(17)18(21-22-19)14-15-6-8-20-9-7-15/h2-9H,10-14H2,1H3. The Morgan fingerprint density at radius 1 is 0.875 bits per heavy atom. The summed E-state index contributed by atoms with van der Waals surface area (Å²) in [6, 6.07) is 12.5. The Morgan fingerprint density at radius 3 is 2.33 bits per heavy atom. The van der Waals surface area contributed by atoms with Crippen LogP contribution in [-0.4, -0.2) is 53.3 Å². The lowest BCUT2D eigenvalue weighted by molar-refractivity contribution is 0.312. The first-order valence-electron chi connectivity index (χ1n) is 8.38. The minimum Gasteiger partial charge on any atom is -0.352 e. The summed E-state index contributed by atoms with van der Waals surface area (Å²) in [5.74, 6) is 1.01. The SMILES string of the molecule is CN1CCN(c2nnc(Cc3ccncc3)c3ccccc23)CC1. The van der Waals surface area contributed by atoms with Gasteiger partial charge in [-0.3, -0.25) is 4.98 Å². The van der Waals surface area contributed by atoms with Crippen LogP contribution in [0.3, 0.4) is 0 Å². The zero-order valence-electron chi connectivity index (χ0n) is 13.9. The number of nitrogens with zero attached hydrogens (tertiary/aromatic N) is 5. The molecule has 5 heteroatoms. The van der Waals surface area contributed by atoms with Crippen LogP contribution in [0.4, 0.5) is 5.82 Å². The summed E-state index contributed by atoms with van der Waals surface area (Å²) in [5.41, 5.74) is 2.23. The molecule has 2 aromatic heterocycles. The van der Waals surface area contributed by atoms with E-state index in [0.29, 0.717) is 0 Å². The molecule has 1 saturated heterocycles. The van der Waals surface area contributed by atoms with Crippen LogP contribution in [0.15, 0.2) is 48.8 Å². The zero-order chi connectivity index (χ0) is 16.4. The smallest absolute Gasteiger partial charge is 0.159 e. The van der Waals surface area contributed by atoms with Gasteiger partial charge in [-0.1, -0.05) is 24.3 Å². The molecule has 0 radical (unpaired) electrons. The van der Waals surface area contributed by atoms with E-state index >= 15 is 0 Å². The van der Waals surface area contributed by atoms with Crippen LogP contribution >= 0.6 is 0 Å². The Morgan fingerprint density at radius 2 is 1.58 bits per heavy atom. The highest BCUT2D eigenvalue weighted by Crippen LogP contribution is 2.27. The molecular weight excluding hydrogens is 298 g/mol. The van der Waals surface area contributed by atoms with E-state index in [-0.39, 0.29) is 0 Å². The second-order valence-electron chi connectivity index (χ2n) is 6.34. The van der Waals surface area contributed by atoms with E-state index < -0.39 is 0 Å². The number of fused-ring (bicyclic) bond motifs is 1. The van der Waals surface area contributed by atoms with Gasteiger partial charge >= 0.3 is 0 Å². The Labute approximate surface area is 142 Å². The fourth-order valence-electron chi connectivity index (χ4n) is 3.22. The largest absolute Gasteiger partial charge is 0.352 e. The summed E-state index contributed by atoms with van der Waals surface area (Å²) in [5, 5.41) is 11.6. The maximum atomic E-state index is 4.59. The molecule has 1 aromatic carbocycles. The lowest BCUT2D eigenvalue weighted by Crippen LogP contribution is -2.45. The van der Waals surface area contributed by atoms with Crippen LogP contribution in [0, 0.1) is 0 Å². The average Bonchev–Trinajstić information content (AvgIpc) is 2.64. The molecule has 0 aliphatic carbocycles. The van der Waals surface area contributed by atoms with Crippen molar-refractivity contribution in [1.29, 1.82) is 0 Å². The van der Waals surface area contributed by atoms with Gasteiger partial charge in [0.05, 0.1) is 5.69 Å². The molecule has 1 aliphatic heterocycles. The van der Waals surface area contributed by atoms with Crippen molar-refractivity contribution in [1.82, 2.24) is 20.1 Å². The number of pyridine rings is 1. The minimum absolute atomic E-state index is 0.777. The summed E-state index contributed by atoms with van der Waals surface area (Å²) in [6.07, 6.45) is 4.42. The van der Waals surface area contributed by atoms with E-state index in [9.17, 15) is 0 Å². The van der Waals surface area contributed by atoms with E-state index in [1.807, 2.05) is 24.5 Å². The normalized spacial score (nSPS) is 15.8. The van der Waals surface area contributed by atoms with Crippen molar-refractivity contribution >= 4 is 16.6 Å². The topological polar surface area (TPSA) is 45.2 Å². The lowest BCUT2D eigenvalue weighted by Gasteiger charge is -2.33. The number of anilines is 1. The maximum Gasteiger partial charge on any atom is 0.159 e. The number of hydrogen-bond acceptors (Lipinski definition) is 5. The van der Waals surface area contributed by atoms with E-state index in [2.05, 4.69) is 56.3 Å². The average molecular weight is 319 g/mol. The van der Waals surface area contributed by atoms with Crippen molar-refractivity contribution < 1.29 is 0 Å². The van der Waals surface area contributed by atoms with Crippen molar-refractivity contribution in [2.24, 2.45) is 0 Å². The molecule has 4 rings (SSSR count). The van der Waals surface area contributed by atoms with Gasteiger partial charge in [-0.05, 0) is 24.7 Å². The van der Waals surface area contributed by atoms with Gasteiger partial charge < -0.3 is 9.80 Å². The molecule has 0 N–H and O–H groups in total. The third kappa shape index (κ3) is 2.95. The van der Waals surface area contributed by atoms with E-state index in [4.69, 9.17) is 0 Å². The molecule has 0 atom stereocenters. The van der Waals surface area contributed by atoms with Crippen LogP contribution < -0.4 is 4.90 Å². The molecular formula is C19H21N5. The number of rotatable bonds is 3. The summed E-state index contributed by atoms with van der Waals surface area (Å²) in [7, 11) is 2.17. The van der Waals surface area contributed by atoms with Gasteiger partial charge in [0.25, 0.3) is 0 Å². The molecule has 122 valence electrons. The van der Waals surface area contributed by atoms with Gasteiger partial charge in [0.1, 0.15) is 0 Å². The number of benzene rings is 1. The minimum atomic E-state index is 0.777. The van der Waals surface area contributed by atoms with E-state index in [1.54, 1.807) is 0 Å². The molecule has 3 heterocycles. The Bertz CT molecular complexity index is 826. The second-order valence-corrected chi connectivity index (χ2v) is 6.34. The fraction of sp³-hybridized carbons (Fsp3) is 0.316. The summed E-state index contributed by atoms with van der Waals surface area (Å²) in [4.78, 5) is 8.79. The molecule has 0 unspecified atom stereocenters. The second kappa shape index (κ2) is 6.53. The predicted molar refractivity (Wildman–Crippen MR) is 96.3 cm³/mol. The molecule has 0 amide bonds. The molecule has 1 fully saturated rings. The molecule has 5 nitrogen and oxygen atoms in total. The molecule has 0 saturated carbocycles. The molecule has 0 spiro atoms. The molecule has 1 aliphatic rings. The Kier molecular flexibility index (Phi) is 4.09. The highest BCUT2D eigenvalue weighted by molar-refractivity contribution is 5.93. The maximum absolute atomic E-state index is 4.59. The molecule has 24 heavy (non-hydrogen) atoms. The summed E-state index contributed by atoms with van der Waals surface area (Å²) >= 11 is 0. The van der Waals surface area contributed by atoms with Crippen molar-refractivity contribution in [2.45, 2.75) is 6.42 Å². The van der Waals surface area contributed by atoms with Crippen LogP contribution in [0.5, 0.6) is 0 Å². The van der Waals surface area contributed by atoms with Crippen LogP contribution in [0.2, 0.25) is 0 Å². The lowest BCUT2D eigenvalue weighted by atomic mass is 10.0. The third-order valence-corrected chi connectivity index (χ3v) is 4.67. The van der Waals surface area contributed by atoms with Crippen molar-refractivity contribution in [3.05, 3.63) is 60.0 Å². The fourth-order valence-corrected chi connectivity index (χ4v) is 3.22.